The smallest absolute Gasteiger partial charge is 0.297 e. The molecule has 390 valence electrons. The number of hydrogen-bond donors (Lipinski definition) is 0. The second-order valence-electron chi connectivity index (χ2n) is 29.2. The summed E-state index contributed by atoms with van der Waals surface area (Å²) < 4.78 is 7.93. The van der Waals surface area contributed by atoms with E-state index in [-0.39, 0.29) is 44.7 Å². The van der Waals surface area contributed by atoms with Crippen LogP contribution in [0.2, 0.25) is 0 Å². The highest BCUT2D eigenvalue weighted by Crippen LogP contribution is 2.61. The Balaban J connectivity index is 1.22. The van der Waals surface area contributed by atoms with Crippen LogP contribution in [0.4, 0.5) is 45.5 Å². The summed E-state index contributed by atoms with van der Waals surface area (Å²) in [7, 11) is 0. The van der Waals surface area contributed by atoms with Crippen molar-refractivity contribution in [3.8, 4) is 11.1 Å². The van der Waals surface area contributed by atoms with Crippen LogP contribution in [0.25, 0.3) is 11.1 Å². The fraction of sp³-hybridized carbons (Fsp3) is 0.437. The van der Waals surface area contributed by atoms with Crippen molar-refractivity contribution in [2.45, 2.75) is 199 Å². The number of nitrogens with zero attached hydrogens (tertiary/aromatic N) is 3. The minimum atomic E-state index is -0.147. The number of benzene rings is 6. The van der Waals surface area contributed by atoms with Gasteiger partial charge in [-0.3, -0.25) is 0 Å². The van der Waals surface area contributed by atoms with Gasteiger partial charge in [-0.05, 0) is 165 Å². The highest BCUT2D eigenvalue weighted by molar-refractivity contribution is 6.99. The minimum absolute atomic E-state index is 0.00107. The predicted molar refractivity (Wildman–Crippen MR) is 324 cm³/mol. The zero-order chi connectivity index (χ0) is 53.4. The molecule has 76 heavy (non-hydrogen) atoms. The van der Waals surface area contributed by atoms with Crippen molar-refractivity contribution >= 4 is 68.8 Å². The first kappa shape index (κ1) is 49.6. The normalized spacial score (nSPS) is 22.2. The van der Waals surface area contributed by atoms with Crippen LogP contribution in [-0.4, -0.2) is 12.3 Å². The Morgan fingerprint density at radius 2 is 1.12 bits per heavy atom. The van der Waals surface area contributed by atoms with E-state index in [1.54, 1.807) is 0 Å². The first-order valence-electron chi connectivity index (χ1n) is 29.1. The molecule has 5 heteroatoms. The van der Waals surface area contributed by atoms with Crippen LogP contribution in [0.3, 0.4) is 0 Å². The van der Waals surface area contributed by atoms with E-state index in [4.69, 9.17) is 4.42 Å². The van der Waals surface area contributed by atoms with E-state index in [0.717, 1.165) is 37.8 Å². The predicted octanol–water partition coefficient (Wildman–Crippen LogP) is 17.9. The van der Waals surface area contributed by atoms with Crippen molar-refractivity contribution < 1.29 is 4.42 Å². The van der Waals surface area contributed by atoms with Crippen LogP contribution in [0.15, 0.2) is 126 Å². The largest absolute Gasteiger partial charge is 0.472 e. The summed E-state index contributed by atoms with van der Waals surface area (Å²) in [5, 5.41) is 0. The van der Waals surface area contributed by atoms with Crippen molar-refractivity contribution in [3.63, 3.8) is 0 Å². The van der Waals surface area contributed by atoms with E-state index in [0.29, 0.717) is 5.92 Å². The highest BCUT2D eigenvalue weighted by atomic mass is 16.3. The van der Waals surface area contributed by atoms with Gasteiger partial charge in [-0.1, -0.05) is 183 Å². The van der Waals surface area contributed by atoms with Crippen molar-refractivity contribution in [3.05, 3.63) is 160 Å². The van der Waals surface area contributed by atoms with E-state index < -0.39 is 0 Å². The maximum atomic E-state index is 7.93. The van der Waals surface area contributed by atoms with Gasteiger partial charge in [-0.25, -0.2) is 0 Å². The van der Waals surface area contributed by atoms with Gasteiger partial charge in [-0.15, -0.1) is 0 Å². The third-order valence-electron chi connectivity index (χ3n) is 20.2. The number of anilines is 8. The lowest BCUT2D eigenvalue weighted by molar-refractivity contribution is 0.282. The lowest BCUT2D eigenvalue weighted by Crippen LogP contribution is -2.61. The minimum Gasteiger partial charge on any atom is -0.472 e. The average Bonchev–Trinajstić information content (AvgIpc) is 4.07. The Kier molecular flexibility index (Phi) is 10.6. The van der Waals surface area contributed by atoms with E-state index >= 15 is 0 Å². The van der Waals surface area contributed by atoms with Gasteiger partial charge in [-0.2, -0.15) is 0 Å². The van der Waals surface area contributed by atoms with Crippen LogP contribution < -0.4 is 31.3 Å². The molecule has 3 aliphatic heterocycles. The second-order valence-corrected chi connectivity index (χ2v) is 29.2. The Bertz CT molecular complexity index is 3500. The quantitative estimate of drug-likeness (QED) is 0.164. The molecular weight excluding hydrogens is 922 g/mol. The zero-order valence-corrected chi connectivity index (χ0v) is 48.6. The van der Waals surface area contributed by atoms with E-state index in [1.165, 1.54) is 126 Å². The summed E-state index contributed by atoms with van der Waals surface area (Å²) in [4.78, 5) is 8.26. The molecule has 1 fully saturated rings. The molecule has 13 rings (SSSR count). The third-order valence-corrected chi connectivity index (χ3v) is 20.2. The maximum Gasteiger partial charge on any atom is 0.297 e. The molecule has 1 aromatic heterocycles. The monoisotopic (exact) mass is 1000 g/mol. The fourth-order valence-electron chi connectivity index (χ4n) is 15.4. The van der Waals surface area contributed by atoms with Gasteiger partial charge in [0.15, 0.2) is 0 Å². The third kappa shape index (κ3) is 7.21. The summed E-state index contributed by atoms with van der Waals surface area (Å²) >= 11 is 0. The molecule has 0 radical (unpaired) electrons. The van der Waals surface area contributed by atoms with Crippen LogP contribution in [0.1, 0.15) is 200 Å². The molecule has 3 aliphatic carbocycles. The van der Waals surface area contributed by atoms with Crippen molar-refractivity contribution in [1.82, 2.24) is 0 Å². The molecule has 0 saturated heterocycles. The SMILES string of the molecule is CC(C)(C)c1ccc(N2c3cc(N4c5ccccc5C5CCCCC54C)cc4c3B(c3cc5c(cc3N4c3ccc(C(C)(C)C)cc3-c3ccccc3)C(C)(C)CCC5(C)C)c3oc4c(c32)C(C)(C)CCC4(C)C)cc1. The number of fused-ring (bicyclic) bond motifs is 10. The van der Waals surface area contributed by atoms with Gasteiger partial charge < -0.3 is 19.1 Å². The van der Waals surface area contributed by atoms with Gasteiger partial charge in [0.25, 0.3) is 6.71 Å². The Labute approximate surface area is 456 Å². The Hall–Kier alpha value is -5.94. The molecule has 1 saturated carbocycles. The summed E-state index contributed by atoms with van der Waals surface area (Å²) in [6.45, 7) is 36.3. The van der Waals surface area contributed by atoms with Crippen LogP contribution in [0, 0.1) is 0 Å². The molecule has 2 atom stereocenters. The Morgan fingerprint density at radius 3 is 1.80 bits per heavy atom. The molecular formula is C71H82BN3O. The van der Waals surface area contributed by atoms with Crippen LogP contribution in [0.5, 0.6) is 0 Å². The van der Waals surface area contributed by atoms with Crippen molar-refractivity contribution in [2.24, 2.45) is 0 Å². The highest BCUT2D eigenvalue weighted by Gasteiger charge is 2.55. The molecule has 2 unspecified atom stereocenters. The first-order valence-corrected chi connectivity index (χ1v) is 29.1. The first-order chi connectivity index (χ1) is 35.8. The van der Waals surface area contributed by atoms with E-state index in [2.05, 4.69) is 240 Å². The molecule has 4 heterocycles. The van der Waals surface area contributed by atoms with Crippen molar-refractivity contribution in [2.75, 3.05) is 14.7 Å². The van der Waals surface area contributed by atoms with Gasteiger partial charge in [0.1, 0.15) is 5.76 Å². The molecule has 0 amide bonds. The number of rotatable bonds is 4. The zero-order valence-electron chi connectivity index (χ0n) is 48.6. The molecule has 0 N–H and O–H groups in total. The number of para-hydroxylation sites is 1. The van der Waals surface area contributed by atoms with Crippen LogP contribution in [-0.2, 0) is 32.5 Å². The van der Waals surface area contributed by atoms with Crippen LogP contribution >= 0.6 is 0 Å². The fourth-order valence-corrected chi connectivity index (χ4v) is 15.4. The molecule has 7 aromatic rings. The number of furan rings is 1. The maximum absolute atomic E-state index is 7.93. The standard InChI is InChI=1S/C71H82BN3O/c1-65(2,3)45-28-31-47(32-29-45)73-58-40-48(75-56-27-20-19-25-49(56)51-26-21-22-34-71(51,75)15)41-59-61(58)72(64-62(73)60-63(76-64)70(13,14)38-37-69(60,11)12)54-42-52-53(68(9,10)36-35-67(52,7)8)43-57(54)74(59)55-33-30-46(66(4,5)6)39-50(55)44-23-17-16-18-24-44/h16-20,23-25,27-33,39-43,51H,21-22,26,34-38H2,1-15H3. The lowest BCUT2D eigenvalue weighted by Gasteiger charge is -2.48. The molecule has 6 aromatic carbocycles. The van der Waals surface area contributed by atoms with Gasteiger partial charge in [0.2, 0.25) is 0 Å². The molecule has 0 bridgehead atoms. The lowest BCUT2D eigenvalue weighted by atomic mass is 9.35. The molecule has 0 spiro atoms. The van der Waals surface area contributed by atoms with Gasteiger partial charge >= 0.3 is 0 Å². The summed E-state index contributed by atoms with van der Waals surface area (Å²) in [5.74, 6) is 1.62. The summed E-state index contributed by atoms with van der Waals surface area (Å²) in [6.07, 6.45) is 9.33. The van der Waals surface area contributed by atoms with Gasteiger partial charge in [0.05, 0.1) is 17.0 Å². The topological polar surface area (TPSA) is 22.9 Å². The second kappa shape index (κ2) is 16.3. The van der Waals surface area contributed by atoms with Crippen molar-refractivity contribution in [1.29, 1.82) is 0 Å². The summed E-state index contributed by atoms with van der Waals surface area (Å²) in [5.41, 5.74) is 24.5. The van der Waals surface area contributed by atoms with Gasteiger partial charge in [0, 0.05) is 62.1 Å². The van der Waals surface area contributed by atoms with E-state index in [1.807, 2.05) is 0 Å². The summed E-state index contributed by atoms with van der Waals surface area (Å²) in [6, 6.07) is 48.3. The Morgan fingerprint density at radius 1 is 0.513 bits per heavy atom. The number of hydrogen-bond acceptors (Lipinski definition) is 4. The van der Waals surface area contributed by atoms with E-state index in [9.17, 15) is 0 Å². The molecule has 6 aliphatic rings. The average molecular weight is 1000 g/mol. The molecule has 4 nitrogen and oxygen atoms in total.